The number of benzene rings is 3. The highest BCUT2D eigenvalue weighted by atomic mass is 16.7. The standard InChI is InChI=1S/C28H26O8/c1-30-20-9-7-19(8-10-20)28(33-4)21(13-17-5-11-22(31-2)24(14-17)32-3)26(27(29)36-28)18-6-12-23-25(15-18)35-16-34-23/h5-12,14-15H,13,16H2,1-4H3. The fourth-order valence-electron chi connectivity index (χ4n) is 4.60. The Morgan fingerprint density at radius 1 is 0.806 bits per heavy atom. The molecule has 1 atom stereocenters. The lowest BCUT2D eigenvalue weighted by Crippen LogP contribution is -2.32. The van der Waals surface area contributed by atoms with Crippen LogP contribution in [0.1, 0.15) is 16.7 Å². The van der Waals surface area contributed by atoms with E-state index in [1.165, 1.54) is 7.11 Å². The number of esters is 1. The third-order valence-corrected chi connectivity index (χ3v) is 6.39. The topological polar surface area (TPSA) is 81.7 Å². The molecule has 0 bridgehead atoms. The van der Waals surface area contributed by atoms with Gasteiger partial charge in [0.25, 0.3) is 5.79 Å². The van der Waals surface area contributed by atoms with E-state index in [0.717, 1.165) is 5.56 Å². The second-order valence-corrected chi connectivity index (χ2v) is 8.23. The lowest BCUT2D eigenvalue weighted by Gasteiger charge is -2.30. The molecule has 0 saturated carbocycles. The van der Waals surface area contributed by atoms with Crippen LogP contribution < -0.4 is 23.7 Å². The van der Waals surface area contributed by atoms with E-state index >= 15 is 0 Å². The second kappa shape index (κ2) is 9.47. The first-order chi connectivity index (χ1) is 17.5. The zero-order valence-electron chi connectivity index (χ0n) is 20.5. The summed E-state index contributed by atoms with van der Waals surface area (Å²) in [6.45, 7) is 0.134. The summed E-state index contributed by atoms with van der Waals surface area (Å²) in [5.41, 5.74) is 3.23. The van der Waals surface area contributed by atoms with Gasteiger partial charge in [0.15, 0.2) is 23.0 Å². The predicted molar refractivity (Wildman–Crippen MR) is 131 cm³/mol. The number of rotatable bonds is 8. The van der Waals surface area contributed by atoms with Crippen LogP contribution in [0.5, 0.6) is 28.7 Å². The summed E-state index contributed by atoms with van der Waals surface area (Å²) in [5, 5.41) is 0. The van der Waals surface area contributed by atoms with Gasteiger partial charge in [-0.1, -0.05) is 12.1 Å². The van der Waals surface area contributed by atoms with Gasteiger partial charge in [0.1, 0.15) is 5.75 Å². The van der Waals surface area contributed by atoms with Gasteiger partial charge >= 0.3 is 5.97 Å². The van der Waals surface area contributed by atoms with Crippen molar-refractivity contribution in [1.29, 1.82) is 0 Å². The Morgan fingerprint density at radius 3 is 2.25 bits per heavy atom. The monoisotopic (exact) mass is 490 g/mol. The van der Waals surface area contributed by atoms with Crippen LogP contribution in [-0.2, 0) is 26.5 Å². The van der Waals surface area contributed by atoms with E-state index in [4.69, 9.17) is 33.2 Å². The Kier molecular flexibility index (Phi) is 6.20. The molecule has 0 radical (unpaired) electrons. The van der Waals surface area contributed by atoms with Crippen LogP contribution in [0.15, 0.2) is 66.2 Å². The molecule has 2 aliphatic rings. The molecule has 186 valence electrons. The average molecular weight is 491 g/mol. The number of fused-ring (bicyclic) bond motifs is 1. The van der Waals surface area contributed by atoms with Gasteiger partial charge in [-0.25, -0.2) is 4.79 Å². The van der Waals surface area contributed by atoms with Crippen molar-refractivity contribution >= 4 is 11.5 Å². The molecule has 0 saturated heterocycles. The van der Waals surface area contributed by atoms with Gasteiger partial charge in [0.05, 0.1) is 26.9 Å². The maximum atomic E-state index is 13.5. The smallest absolute Gasteiger partial charge is 0.342 e. The lowest BCUT2D eigenvalue weighted by atomic mass is 9.87. The molecule has 5 rings (SSSR count). The van der Waals surface area contributed by atoms with Crippen LogP contribution in [0.4, 0.5) is 0 Å². The van der Waals surface area contributed by atoms with Gasteiger partial charge in [0.2, 0.25) is 6.79 Å². The van der Waals surface area contributed by atoms with Crippen molar-refractivity contribution in [3.63, 3.8) is 0 Å². The first kappa shape index (κ1) is 23.6. The van der Waals surface area contributed by atoms with E-state index in [9.17, 15) is 4.79 Å². The van der Waals surface area contributed by atoms with E-state index in [2.05, 4.69) is 0 Å². The fourth-order valence-corrected chi connectivity index (χ4v) is 4.60. The summed E-state index contributed by atoms with van der Waals surface area (Å²) in [7, 11) is 6.28. The van der Waals surface area contributed by atoms with Gasteiger partial charge < -0.3 is 33.2 Å². The van der Waals surface area contributed by atoms with Crippen LogP contribution in [0.25, 0.3) is 5.57 Å². The third-order valence-electron chi connectivity index (χ3n) is 6.39. The first-order valence-electron chi connectivity index (χ1n) is 11.3. The fraction of sp³-hybridized carbons (Fsp3) is 0.250. The van der Waals surface area contributed by atoms with Crippen molar-refractivity contribution in [1.82, 2.24) is 0 Å². The molecule has 0 amide bonds. The molecule has 8 nitrogen and oxygen atoms in total. The zero-order valence-corrected chi connectivity index (χ0v) is 20.5. The first-order valence-corrected chi connectivity index (χ1v) is 11.3. The second-order valence-electron chi connectivity index (χ2n) is 8.23. The maximum absolute atomic E-state index is 13.5. The minimum Gasteiger partial charge on any atom is -0.497 e. The average Bonchev–Trinajstić information content (AvgIpc) is 3.50. The van der Waals surface area contributed by atoms with E-state index in [-0.39, 0.29) is 6.79 Å². The molecule has 36 heavy (non-hydrogen) atoms. The van der Waals surface area contributed by atoms with E-state index in [1.54, 1.807) is 45.6 Å². The van der Waals surface area contributed by atoms with Gasteiger partial charge in [-0.05, 0) is 59.7 Å². The normalized spacial score (nSPS) is 18.3. The Morgan fingerprint density at radius 2 is 1.56 bits per heavy atom. The minimum absolute atomic E-state index is 0.134. The van der Waals surface area contributed by atoms with Crippen molar-refractivity contribution in [2.45, 2.75) is 12.2 Å². The summed E-state index contributed by atoms with van der Waals surface area (Å²) in [4.78, 5) is 13.5. The summed E-state index contributed by atoms with van der Waals surface area (Å²) in [5.74, 6) is 1.12. The summed E-state index contributed by atoms with van der Waals surface area (Å²) < 4.78 is 39.2. The number of ether oxygens (including phenoxy) is 7. The molecular weight excluding hydrogens is 464 g/mol. The Labute approximate surface area is 208 Å². The lowest BCUT2D eigenvalue weighted by molar-refractivity contribution is -0.197. The number of hydrogen-bond acceptors (Lipinski definition) is 8. The number of carbonyl (C=O) groups excluding carboxylic acids is 1. The van der Waals surface area contributed by atoms with Gasteiger partial charge in [0, 0.05) is 24.7 Å². The number of cyclic esters (lactones) is 1. The van der Waals surface area contributed by atoms with Crippen molar-refractivity contribution in [2.24, 2.45) is 0 Å². The zero-order chi connectivity index (χ0) is 25.3. The Bertz CT molecular complexity index is 1330. The molecule has 3 aromatic rings. The summed E-state index contributed by atoms with van der Waals surface area (Å²) in [6.07, 6.45) is 0.343. The SMILES string of the molecule is COc1ccc(C2(OC)OC(=O)C(c3ccc4c(c3)OCO4)=C2Cc2ccc(OC)c(OC)c2)cc1. The van der Waals surface area contributed by atoms with Crippen molar-refractivity contribution < 1.29 is 38.0 Å². The van der Waals surface area contributed by atoms with Gasteiger partial charge in [-0.15, -0.1) is 0 Å². The van der Waals surface area contributed by atoms with Gasteiger partial charge in [-0.2, -0.15) is 0 Å². The largest absolute Gasteiger partial charge is 0.497 e. The highest BCUT2D eigenvalue weighted by Crippen LogP contribution is 2.48. The van der Waals surface area contributed by atoms with Crippen LogP contribution in [-0.4, -0.2) is 41.2 Å². The van der Waals surface area contributed by atoms with E-state index in [1.807, 2.05) is 36.4 Å². The van der Waals surface area contributed by atoms with Crippen molar-refractivity contribution in [2.75, 3.05) is 35.2 Å². The molecule has 0 aliphatic carbocycles. The number of hydrogen-bond donors (Lipinski definition) is 0. The quantitative estimate of drug-likeness (QED) is 0.427. The Hall–Kier alpha value is -4.17. The van der Waals surface area contributed by atoms with Crippen LogP contribution >= 0.6 is 0 Å². The highest BCUT2D eigenvalue weighted by Gasteiger charge is 2.50. The molecule has 3 aromatic carbocycles. The van der Waals surface area contributed by atoms with Crippen LogP contribution in [0, 0.1) is 0 Å². The molecule has 8 heteroatoms. The molecule has 0 aromatic heterocycles. The molecule has 0 spiro atoms. The van der Waals surface area contributed by atoms with Crippen molar-refractivity contribution in [3.8, 4) is 28.7 Å². The maximum Gasteiger partial charge on any atom is 0.342 e. The summed E-state index contributed by atoms with van der Waals surface area (Å²) >= 11 is 0. The van der Waals surface area contributed by atoms with E-state index in [0.29, 0.717) is 57.4 Å². The third kappa shape index (κ3) is 3.89. The molecule has 0 N–H and O–H groups in total. The molecule has 2 aliphatic heterocycles. The predicted octanol–water partition coefficient (Wildman–Crippen LogP) is 4.49. The summed E-state index contributed by atoms with van der Waals surface area (Å²) in [6, 6.07) is 18.3. The van der Waals surface area contributed by atoms with Gasteiger partial charge in [-0.3, -0.25) is 0 Å². The molecule has 1 unspecified atom stereocenters. The number of carbonyl (C=O) groups is 1. The molecule has 0 fully saturated rings. The molecular formula is C28H26O8. The van der Waals surface area contributed by atoms with E-state index < -0.39 is 11.8 Å². The number of methoxy groups -OCH3 is 4. The Balaban J connectivity index is 1.69. The van der Waals surface area contributed by atoms with Crippen LogP contribution in [0.2, 0.25) is 0 Å². The molecule has 2 heterocycles. The highest BCUT2D eigenvalue weighted by molar-refractivity contribution is 6.20. The van der Waals surface area contributed by atoms with Crippen molar-refractivity contribution in [3.05, 3.63) is 82.9 Å². The minimum atomic E-state index is -1.44. The van der Waals surface area contributed by atoms with Crippen LogP contribution in [0.3, 0.4) is 0 Å².